The van der Waals surface area contributed by atoms with Crippen LogP contribution in [0.25, 0.3) is 10.8 Å². The van der Waals surface area contributed by atoms with Gasteiger partial charge < -0.3 is 35.1 Å². The number of ether oxygens (including phenoxy) is 3. The molecule has 0 fully saturated rings. The van der Waals surface area contributed by atoms with E-state index in [1.807, 2.05) is 86.6 Å². The van der Waals surface area contributed by atoms with Gasteiger partial charge in [0.1, 0.15) is 25.6 Å². The molecule has 362 valence electrons. The van der Waals surface area contributed by atoms with Crippen molar-refractivity contribution in [2.75, 3.05) is 30.5 Å². The van der Waals surface area contributed by atoms with Crippen molar-refractivity contribution >= 4 is 67.9 Å². The Kier molecular flexibility index (Phi) is 25.7. The van der Waals surface area contributed by atoms with Crippen LogP contribution >= 0.6 is 0 Å². The summed E-state index contributed by atoms with van der Waals surface area (Å²) in [6.45, 7) is 24.4. The highest BCUT2D eigenvalue weighted by molar-refractivity contribution is 7.89. The molecular formula is C48H71N3O13S. The number of carboxylic acids is 1. The average molecular weight is 930 g/mol. The average Bonchev–Trinajstić information content (AvgIpc) is 3.27. The van der Waals surface area contributed by atoms with Gasteiger partial charge in [-0.15, -0.1) is 0 Å². The Morgan fingerprint density at radius 1 is 0.723 bits per heavy atom. The molecule has 0 aliphatic heterocycles. The monoisotopic (exact) mass is 929 g/mol. The molecule has 3 rings (SSSR count). The summed E-state index contributed by atoms with van der Waals surface area (Å²) in [6.07, 6.45) is 4.11. The number of anilines is 2. The third-order valence-electron chi connectivity index (χ3n) is 10.5. The van der Waals surface area contributed by atoms with E-state index >= 15 is 0 Å². The lowest BCUT2D eigenvalue weighted by Gasteiger charge is -2.21. The maximum atomic E-state index is 11.9. The van der Waals surface area contributed by atoms with Crippen molar-refractivity contribution in [1.29, 1.82) is 0 Å². The molecule has 2 amide bonds. The molecule has 3 aromatic carbocycles. The number of benzene rings is 3. The van der Waals surface area contributed by atoms with Gasteiger partial charge in [-0.05, 0) is 89.8 Å². The number of hydrogen-bond donors (Lipinski definition) is 5. The van der Waals surface area contributed by atoms with Crippen LogP contribution in [0.4, 0.5) is 11.4 Å². The van der Waals surface area contributed by atoms with Crippen LogP contribution < -0.4 is 15.8 Å². The molecular weight excluding hydrogens is 859 g/mol. The number of hydrogen-bond acceptors (Lipinski definition) is 12. The van der Waals surface area contributed by atoms with Crippen LogP contribution in [0.2, 0.25) is 0 Å². The SMILES string of the molecule is C=CCOC(=O)C(C)(C)CC.CCC(C)(C)C(=O)Nc1ccc(S(N)(=O)=O)cc1.CCC(C)(C)C(=O)OCCOC(=O)CCC(=O)O.CCC(C)C(=O)Nc1ccc(O)c2ccccc12. The van der Waals surface area contributed by atoms with E-state index in [2.05, 4.69) is 17.2 Å². The number of carbonyl (C=O) groups is 6. The van der Waals surface area contributed by atoms with Crippen molar-refractivity contribution in [3.8, 4) is 5.75 Å². The molecule has 0 aliphatic rings. The Morgan fingerprint density at radius 3 is 1.71 bits per heavy atom. The molecule has 1 unspecified atom stereocenters. The Bertz CT molecular complexity index is 2150. The first-order valence-electron chi connectivity index (χ1n) is 21.4. The molecule has 3 aromatic rings. The molecule has 17 heteroatoms. The summed E-state index contributed by atoms with van der Waals surface area (Å²) < 4.78 is 36.7. The van der Waals surface area contributed by atoms with Crippen LogP contribution in [0, 0.1) is 22.2 Å². The largest absolute Gasteiger partial charge is 0.507 e. The number of rotatable bonds is 19. The van der Waals surface area contributed by atoms with Crippen molar-refractivity contribution in [2.24, 2.45) is 27.3 Å². The first-order valence-corrected chi connectivity index (χ1v) is 23.0. The van der Waals surface area contributed by atoms with Gasteiger partial charge in [0.25, 0.3) is 0 Å². The number of phenolic OH excluding ortho intramolecular Hbond substituents is 1. The van der Waals surface area contributed by atoms with Gasteiger partial charge in [-0.1, -0.05) is 85.4 Å². The standard InChI is InChI=1S/C15H17NO2.C12H18N2O3S.C12H20O6.C9H16O2/c1-3-10(2)15(18)16-13-8-9-14(17)12-7-5-4-6-11(12)13;1-4-12(2,3)11(15)14-9-5-7-10(8-6-9)18(13,16)17;1-4-12(2,3)11(16)18-8-7-17-10(15)6-5-9(13)14;1-5-7-11-8(10)9(3,4)6-2/h4-10,17H,3H2,1-2H3,(H,16,18);5-8H,4H2,1-3H3,(H,14,15)(H2,13,16,17);4-8H2,1-3H3,(H,13,14);5H,1,6-7H2,2-4H3. The lowest BCUT2D eigenvalue weighted by molar-refractivity contribution is -0.159. The summed E-state index contributed by atoms with van der Waals surface area (Å²) >= 11 is 0. The van der Waals surface area contributed by atoms with E-state index in [1.165, 1.54) is 24.3 Å². The van der Waals surface area contributed by atoms with Gasteiger partial charge in [0, 0.05) is 33.5 Å². The molecule has 0 aromatic heterocycles. The topological polar surface area (TPSA) is 255 Å². The van der Waals surface area contributed by atoms with Crippen molar-refractivity contribution < 1.29 is 61.6 Å². The van der Waals surface area contributed by atoms with Crippen LogP contribution in [0.15, 0.2) is 78.2 Å². The number of nitrogens with one attached hydrogen (secondary N) is 2. The van der Waals surface area contributed by atoms with Gasteiger partial charge in [-0.3, -0.25) is 28.8 Å². The van der Waals surface area contributed by atoms with Gasteiger partial charge in [0.15, 0.2) is 0 Å². The molecule has 0 bridgehead atoms. The lowest BCUT2D eigenvalue weighted by atomic mass is 9.89. The fourth-order valence-electron chi connectivity index (χ4n) is 4.41. The number of primary sulfonamides is 1. The highest BCUT2D eigenvalue weighted by Gasteiger charge is 2.28. The van der Waals surface area contributed by atoms with Gasteiger partial charge in [0.2, 0.25) is 21.8 Å². The minimum absolute atomic E-state index is 0.00772. The molecule has 65 heavy (non-hydrogen) atoms. The maximum Gasteiger partial charge on any atom is 0.311 e. The summed E-state index contributed by atoms with van der Waals surface area (Å²) in [4.78, 5) is 67.7. The molecule has 16 nitrogen and oxygen atoms in total. The Balaban J connectivity index is 0.000000854. The van der Waals surface area contributed by atoms with E-state index in [0.717, 1.165) is 29.3 Å². The van der Waals surface area contributed by atoms with Gasteiger partial charge in [-0.2, -0.15) is 0 Å². The normalized spacial score (nSPS) is 11.6. The van der Waals surface area contributed by atoms with E-state index in [-0.39, 0.29) is 71.8 Å². The van der Waals surface area contributed by atoms with Gasteiger partial charge in [0.05, 0.1) is 28.6 Å². The zero-order valence-corrected chi connectivity index (χ0v) is 40.7. The molecule has 1 atom stereocenters. The van der Waals surface area contributed by atoms with E-state index in [9.17, 15) is 42.3 Å². The zero-order valence-electron chi connectivity index (χ0n) is 39.9. The van der Waals surface area contributed by atoms with Gasteiger partial charge >= 0.3 is 23.9 Å². The first-order chi connectivity index (χ1) is 30.1. The molecule has 0 aliphatic carbocycles. The number of sulfonamides is 1. The third-order valence-corrected chi connectivity index (χ3v) is 11.4. The molecule has 6 N–H and O–H groups in total. The number of aromatic hydroxyl groups is 1. The number of nitrogens with two attached hydrogens (primary N) is 1. The van der Waals surface area contributed by atoms with Crippen molar-refractivity contribution in [3.05, 3.63) is 73.3 Å². The molecule has 0 saturated heterocycles. The summed E-state index contributed by atoms with van der Waals surface area (Å²) in [5.41, 5.74) is -0.0720. The summed E-state index contributed by atoms with van der Waals surface area (Å²) in [6, 6.07) is 16.6. The van der Waals surface area contributed by atoms with E-state index in [1.54, 1.807) is 32.1 Å². The lowest BCUT2D eigenvalue weighted by Crippen LogP contribution is -2.29. The second kappa shape index (κ2) is 28.2. The van der Waals surface area contributed by atoms with E-state index < -0.39 is 32.8 Å². The van der Waals surface area contributed by atoms with E-state index in [4.69, 9.17) is 24.5 Å². The number of esters is 3. The second-order valence-corrected chi connectivity index (χ2v) is 18.4. The predicted molar refractivity (Wildman–Crippen MR) is 252 cm³/mol. The van der Waals surface area contributed by atoms with Crippen LogP contribution in [0.5, 0.6) is 5.75 Å². The number of carbonyl (C=O) groups excluding carboxylic acids is 5. The van der Waals surface area contributed by atoms with Gasteiger partial charge in [-0.25, -0.2) is 13.6 Å². The van der Waals surface area contributed by atoms with Crippen molar-refractivity contribution in [1.82, 2.24) is 0 Å². The Hall–Kier alpha value is -5.81. The van der Waals surface area contributed by atoms with Crippen LogP contribution in [0.3, 0.4) is 0 Å². The first kappa shape index (κ1) is 59.2. The van der Waals surface area contributed by atoms with Crippen LogP contribution in [-0.4, -0.2) is 74.1 Å². The summed E-state index contributed by atoms with van der Waals surface area (Å²) in [7, 11) is -3.69. The molecule has 0 heterocycles. The summed E-state index contributed by atoms with van der Waals surface area (Å²) in [5.74, 6) is -2.04. The Morgan fingerprint density at radius 2 is 1.23 bits per heavy atom. The quantitative estimate of drug-likeness (QED) is 0.0248. The molecule has 0 radical (unpaired) electrons. The second-order valence-electron chi connectivity index (χ2n) is 16.8. The van der Waals surface area contributed by atoms with E-state index in [0.29, 0.717) is 25.1 Å². The number of fused-ring (bicyclic) bond motifs is 1. The fourth-order valence-corrected chi connectivity index (χ4v) is 4.92. The highest BCUT2D eigenvalue weighted by Crippen LogP contribution is 2.31. The number of carboxylic acid groups (broad SMARTS) is 1. The van der Waals surface area contributed by atoms with Crippen molar-refractivity contribution in [3.63, 3.8) is 0 Å². The molecule has 0 saturated carbocycles. The van der Waals surface area contributed by atoms with Crippen LogP contribution in [-0.2, 0) is 53.0 Å². The molecule has 0 spiro atoms. The van der Waals surface area contributed by atoms with Crippen LogP contribution in [0.1, 0.15) is 115 Å². The fraction of sp³-hybridized carbons (Fsp3) is 0.500. The number of aliphatic carboxylic acids is 1. The number of phenols is 1. The highest BCUT2D eigenvalue weighted by atomic mass is 32.2. The minimum atomic E-state index is -3.69. The summed E-state index contributed by atoms with van der Waals surface area (Å²) in [5, 5.41) is 30.4. The smallest absolute Gasteiger partial charge is 0.311 e. The maximum absolute atomic E-state index is 11.9. The minimum Gasteiger partial charge on any atom is -0.507 e. The van der Waals surface area contributed by atoms with Crippen molar-refractivity contribution in [2.45, 2.75) is 120 Å². The zero-order chi connectivity index (χ0) is 50.2. The third kappa shape index (κ3) is 22.1. The predicted octanol–water partition coefficient (Wildman–Crippen LogP) is 8.76. The Labute approximate surface area is 384 Å². The number of amides is 2.